The van der Waals surface area contributed by atoms with E-state index in [4.69, 9.17) is 5.11 Å². The molecule has 0 radical (unpaired) electrons. The number of hydrazine groups is 1. The number of nitrogens with one attached hydrogen (secondary N) is 3. The molecule has 1 fully saturated rings. The second-order valence-electron chi connectivity index (χ2n) is 3.93. The standard InChI is InChI=1S/C9H14N4O3/c14-7(15)2-1-6-9(16)13-12-8(11-6)5-3-10-4-5/h5-6,10H,1-4H2,(H,11,12)(H,13,16)(H,14,15)/t6-/m0/s1. The minimum Gasteiger partial charge on any atom is -0.481 e. The van der Waals surface area contributed by atoms with Gasteiger partial charge in [-0.1, -0.05) is 0 Å². The predicted octanol–water partition coefficient (Wildman–Crippen LogP) is -1.53. The lowest BCUT2D eigenvalue weighted by Gasteiger charge is -2.32. The molecule has 1 amide bonds. The summed E-state index contributed by atoms with van der Waals surface area (Å²) in [6.45, 7) is 1.68. The van der Waals surface area contributed by atoms with E-state index >= 15 is 0 Å². The molecule has 2 aliphatic heterocycles. The first-order valence-electron chi connectivity index (χ1n) is 5.23. The summed E-state index contributed by atoms with van der Waals surface area (Å²) in [6.07, 6.45) is 0.199. The van der Waals surface area contributed by atoms with E-state index in [0.717, 1.165) is 18.9 Å². The van der Waals surface area contributed by atoms with Crippen LogP contribution in [-0.2, 0) is 9.59 Å². The van der Waals surface area contributed by atoms with Crippen molar-refractivity contribution in [3.63, 3.8) is 0 Å². The number of nitrogens with zero attached hydrogens (tertiary/aromatic N) is 1. The van der Waals surface area contributed by atoms with E-state index in [0.29, 0.717) is 5.92 Å². The van der Waals surface area contributed by atoms with Crippen molar-refractivity contribution >= 4 is 17.7 Å². The molecular weight excluding hydrogens is 212 g/mol. The van der Waals surface area contributed by atoms with E-state index in [2.05, 4.69) is 21.2 Å². The highest BCUT2D eigenvalue weighted by Gasteiger charge is 2.30. The monoisotopic (exact) mass is 226 g/mol. The number of carbonyl (C=O) groups is 2. The third kappa shape index (κ3) is 2.30. The molecule has 2 aliphatic rings. The second-order valence-corrected chi connectivity index (χ2v) is 3.93. The van der Waals surface area contributed by atoms with Crippen molar-refractivity contribution in [3.8, 4) is 0 Å². The second kappa shape index (κ2) is 4.48. The van der Waals surface area contributed by atoms with Crippen molar-refractivity contribution in [1.29, 1.82) is 0 Å². The molecule has 2 rings (SSSR count). The van der Waals surface area contributed by atoms with E-state index in [1.54, 1.807) is 0 Å². The van der Waals surface area contributed by atoms with E-state index in [1.807, 2.05) is 0 Å². The third-order valence-corrected chi connectivity index (χ3v) is 2.71. The summed E-state index contributed by atoms with van der Waals surface area (Å²) in [5.74, 6) is -0.132. The lowest BCUT2D eigenvalue weighted by molar-refractivity contribution is -0.137. The van der Waals surface area contributed by atoms with Crippen molar-refractivity contribution < 1.29 is 14.7 Å². The molecule has 0 spiro atoms. The van der Waals surface area contributed by atoms with Gasteiger partial charge in [-0.25, -0.2) is 0 Å². The normalized spacial score (nSPS) is 25.1. The number of hydrogen-bond acceptors (Lipinski definition) is 5. The van der Waals surface area contributed by atoms with Crippen molar-refractivity contribution in [1.82, 2.24) is 16.2 Å². The maximum atomic E-state index is 11.4. The highest BCUT2D eigenvalue weighted by atomic mass is 16.4. The number of amides is 1. The zero-order valence-electron chi connectivity index (χ0n) is 8.69. The Balaban J connectivity index is 1.97. The zero-order chi connectivity index (χ0) is 11.5. The van der Waals surface area contributed by atoms with Gasteiger partial charge in [0.25, 0.3) is 5.91 Å². The summed E-state index contributed by atoms with van der Waals surface area (Å²) in [4.78, 5) is 26.1. The molecule has 2 heterocycles. The van der Waals surface area contributed by atoms with Gasteiger partial charge in [0.2, 0.25) is 0 Å². The van der Waals surface area contributed by atoms with Crippen molar-refractivity contribution in [2.75, 3.05) is 13.1 Å². The lowest BCUT2D eigenvalue weighted by Crippen LogP contribution is -2.59. The summed E-state index contributed by atoms with van der Waals surface area (Å²) >= 11 is 0. The molecule has 7 nitrogen and oxygen atoms in total. The minimum atomic E-state index is -0.909. The Hall–Kier alpha value is -1.63. The highest BCUT2D eigenvalue weighted by molar-refractivity contribution is 5.95. The largest absolute Gasteiger partial charge is 0.481 e. The number of rotatable bonds is 4. The number of carboxylic acids is 1. The fourth-order valence-corrected chi connectivity index (χ4v) is 1.61. The molecule has 16 heavy (non-hydrogen) atoms. The van der Waals surface area contributed by atoms with Gasteiger partial charge in [-0.2, -0.15) is 0 Å². The number of carbonyl (C=O) groups excluding carboxylic acids is 1. The van der Waals surface area contributed by atoms with Gasteiger partial charge in [-0.15, -0.1) is 0 Å². The Bertz CT molecular complexity index is 338. The molecule has 0 aromatic heterocycles. The van der Waals surface area contributed by atoms with Crippen LogP contribution in [0, 0.1) is 5.92 Å². The van der Waals surface area contributed by atoms with Crippen LogP contribution in [0.5, 0.6) is 0 Å². The minimum absolute atomic E-state index is 0.0439. The molecule has 1 saturated heterocycles. The Labute approximate surface area is 92.3 Å². The van der Waals surface area contributed by atoms with Gasteiger partial charge in [0, 0.05) is 25.4 Å². The van der Waals surface area contributed by atoms with Gasteiger partial charge in [0.05, 0.1) is 0 Å². The third-order valence-electron chi connectivity index (χ3n) is 2.71. The van der Waals surface area contributed by atoms with Crippen LogP contribution in [0.2, 0.25) is 0 Å². The van der Waals surface area contributed by atoms with Gasteiger partial charge in [-0.05, 0) is 6.42 Å². The van der Waals surface area contributed by atoms with Gasteiger partial charge in [-0.3, -0.25) is 25.4 Å². The molecule has 0 bridgehead atoms. The quantitative estimate of drug-likeness (QED) is 0.466. The summed E-state index contributed by atoms with van der Waals surface area (Å²) in [5.41, 5.74) is 5.27. The Morgan fingerprint density at radius 2 is 2.19 bits per heavy atom. The molecule has 0 aromatic carbocycles. The summed E-state index contributed by atoms with van der Waals surface area (Å²) < 4.78 is 0. The average molecular weight is 226 g/mol. The van der Waals surface area contributed by atoms with Crippen LogP contribution >= 0.6 is 0 Å². The van der Waals surface area contributed by atoms with Crippen LogP contribution in [0.15, 0.2) is 4.99 Å². The van der Waals surface area contributed by atoms with Crippen molar-refractivity contribution in [2.45, 2.75) is 18.9 Å². The van der Waals surface area contributed by atoms with Crippen molar-refractivity contribution in [3.05, 3.63) is 0 Å². The average Bonchev–Trinajstić information content (AvgIpc) is 2.16. The molecule has 1 atom stereocenters. The smallest absolute Gasteiger partial charge is 0.303 e. The van der Waals surface area contributed by atoms with Gasteiger partial charge in [0.15, 0.2) is 0 Å². The van der Waals surface area contributed by atoms with E-state index in [9.17, 15) is 9.59 Å². The van der Waals surface area contributed by atoms with Crippen LogP contribution in [0.1, 0.15) is 12.8 Å². The van der Waals surface area contributed by atoms with Crippen LogP contribution in [-0.4, -0.2) is 41.9 Å². The van der Waals surface area contributed by atoms with Gasteiger partial charge < -0.3 is 10.4 Å². The molecule has 0 unspecified atom stereocenters. The number of aliphatic imine (C=N–C) groups is 1. The molecule has 7 heteroatoms. The first-order valence-corrected chi connectivity index (χ1v) is 5.23. The SMILES string of the molecule is O=C(O)CC[C@@H]1N=C(C2CNC2)NNC1=O. The summed E-state index contributed by atoms with van der Waals surface area (Å²) in [5, 5.41) is 11.7. The lowest BCUT2D eigenvalue weighted by atomic mass is 10.0. The Morgan fingerprint density at radius 3 is 2.75 bits per heavy atom. The molecule has 88 valence electrons. The number of carboxylic acid groups (broad SMARTS) is 1. The first kappa shape index (κ1) is 10.9. The highest BCUT2D eigenvalue weighted by Crippen LogP contribution is 2.11. The molecule has 0 saturated carbocycles. The molecule has 0 aromatic rings. The van der Waals surface area contributed by atoms with E-state index in [-0.39, 0.29) is 18.7 Å². The predicted molar refractivity (Wildman–Crippen MR) is 55.7 cm³/mol. The maximum Gasteiger partial charge on any atom is 0.303 e. The Kier molecular flexibility index (Phi) is 3.04. The zero-order valence-corrected chi connectivity index (χ0v) is 8.69. The van der Waals surface area contributed by atoms with Gasteiger partial charge in [0.1, 0.15) is 11.9 Å². The fraction of sp³-hybridized carbons (Fsp3) is 0.667. The van der Waals surface area contributed by atoms with Gasteiger partial charge >= 0.3 is 5.97 Å². The fourth-order valence-electron chi connectivity index (χ4n) is 1.61. The van der Waals surface area contributed by atoms with E-state index in [1.165, 1.54) is 0 Å². The number of amidine groups is 1. The van der Waals surface area contributed by atoms with Crippen LogP contribution < -0.4 is 16.2 Å². The topological polar surface area (TPSA) is 103 Å². The summed E-state index contributed by atoms with van der Waals surface area (Å²) in [7, 11) is 0. The van der Waals surface area contributed by atoms with E-state index < -0.39 is 12.0 Å². The molecule has 0 aliphatic carbocycles. The number of aliphatic carboxylic acids is 1. The van der Waals surface area contributed by atoms with Crippen LogP contribution in [0.4, 0.5) is 0 Å². The number of hydrogen-bond donors (Lipinski definition) is 4. The molecular formula is C9H14N4O3. The Morgan fingerprint density at radius 1 is 1.44 bits per heavy atom. The summed E-state index contributed by atoms with van der Waals surface area (Å²) in [6, 6.07) is -0.576. The molecule has 4 N–H and O–H groups in total. The van der Waals surface area contributed by atoms with Crippen LogP contribution in [0.25, 0.3) is 0 Å². The maximum absolute atomic E-state index is 11.4. The first-order chi connectivity index (χ1) is 7.66. The van der Waals surface area contributed by atoms with Crippen molar-refractivity contribution in [2.24, 2.45) is 10.9 Å². The van der Waals surface area contributed by atoms with Crippen LogP contribution in [0.3, 0.4) is 0 Å².